The van der Waals surface area contributed by atoms with Crippen LogP contribution in [0, 0.1) is 20.8 Å². The summed E-state index contributed by atoms with van der Waals surface area (Å²) in [5.74, 6) is -0.0472. The number of aryl methyl sites for hydroxylation is 3. The van der Waals surface area contributed by atoms with Gasteiger partial charge in [0.05, 0.1) is 6.54 Å². The van der Waals surface area contributed by atoms with Crippen LogP contribution in [0.1, 0.15) is 27.0 Å². The Labute approximate surface area is 112 Å². The molecule has 0 unspecified atom stereocenters. The van der Waals surface area contributed by atoms with Crippen molar-refractivity contribution in [3.63, 3.8) is 0 Å². The van der Waals surface area contributed by atoms with Crippen LogP contribution in [-0.4, -0.2) is 10.4 Å². The molecule has 0 amide bonds. The van der Waals surface area contributed by atoms with E-state index in [9.17, 15) is 9.59 Å². The second-order valence-corrected chi connectivity index (χ2v) is 4.89. The molecule has 2 rings (SSSR count). The van der Waals surface area contributed by atoms with Crippen molar-refractivity contribution in [3.8, 4) is 0 Å². The van der Waals surface area contributed by atoms with Crippen molar-refractivity contribution in [1.29, 1.82) is 0 Å². The van der Waals surface area contributed by atoms with Crippen molar-refractivity contribution in [3.05, 3.63) is 69.1 Å². The molecule has 1 aromatic heterocycles. The first-order valence-corrected chi connectivity index (χ1v) is 6.25. The van der Waals surface area contributed by atoms with E-state index < -0.39 is 0 Å². The van der Waals surface area contributed by atoms with Gasteiger partial charge in [0.25, 0.3) is 5.56 Å². The topological polar surface area (TPSA) is 39.1 Å². The molecular formula is C16H17NO2. The second-order valence-electron chi connectivity index (χ2n) is 4.89. The first-order valence-electron chi connectivity index (χ1n) is 6.25. The molecule has 0 aliphatic carbocycles. The SMILES string of the molecule is Cc1ccn(CC(=O)c2ccc(C)c(C)c2)c(=O)c1. The zero-order valence-corrected chi connectivity index (χ0v) is 11.4. The van der Waals surface area contributed by atoms with Crippen LogP contribution in [0.4, 0.5) is 0 Å². The van der Waals surface area contributed by atoms with E-state index in [4.69, 9.17) is 0 Å². The number of aromatic nitrogens is 1. The summed E-state index contributed by atoms with van der Waals surface area (Å²) in [7, 11) is 0. The summed E-state index contributed by atoms with van der Waals surface area (Å²) < 4.78 is 1.44. The zero-order chi connectivity index (χ0) is 14.0. The van der Waals surface area contributed by atoms with Crippen molar-refractivity contribution in [2.45, 2.75) is 27.3 Å². The quantitative estimate of drug-likeness (QED) is 0.791. The monoisotopic (exact) mass is 255 g/mol. The van der Waals surface area contributed by atoms with Crippen LogP contribution in [0.5, 0.6) is 0 Å². The third kappa shape index (κ3) is 2.99. The molecule has 1 aromatic carbocycles. The lowest BCUT2D eigenvalue weighted by Crippen LogP contribution is -2.23. The molecule has 1 heterocycles. The van der Waals surface area contributed by atoms with Crippen LogP contribution in [-0.2, 0) is 6.54 Å². The molecule has 0 saturated carbocycles. The predicted octanol–water partition coefficient (Wildman–Crippen LogP) is 2.66. The van der Waals surface area contributed by atoms with Gasteiger partial charge < -0.3 is 4.57 Å². The van der Waals surface area contributed by atoms with E-state index >= 15 is 0 Å². The van der Waals surface area contributed by atoms with Crippen LogP contribution in [0.15, 0.2) is 41.3 Å². The number of pyridine rings is 1. The highest BCUT2D eigenvalue weighted by Crippen LogP contribution is 2.11. The van der Waals surface area contributed by atoms with E-state index in [0.717, 1.165) is 16.7 Å². The van der Waals surface area contributed by atoms with Gasteiger partial charge in [0.15, 0.2) is 5.78 Å². The maximum atomic E-state index is 12.2. The standard InChI is InChI=1S/C16H17NO2/c1-11-6-7-17(16(19)8-11)10-15(18)14-5-4-12(2)13(3)9-14/h4-9H,10H2,1-3H3. The number of Topliss-reactive ketones (excluding diaryl/α,β-unsaturated/α-hetero) is 1. The van der Waals surface area contributed by atoms with Crippen molar-refractivity contribution < 1.29 is 4.79 Å². The molecule has 0 atom stereocenters. The van der Waals surface area contributed by atoms with E-state index in [2.05, 4.69) is 0 Å². The fourth-order valence-corrected chi connectivity index (χ4v) is 1.90. The Morgan fingerprint density at radius 2 is 1.79 bits per heavy atom. The third-order valence-electron chi connectivity index (χ3n) is 3.29. The van der Waals surface area contributed by atoms with Crippen LogP contribution >= 0.6 is 0 Å². The molecule has 19 heavy (non-hydrogen) atoms. The Morgan fingerprint density at radius 3 is 2.42 bits per heavy atom. The molecular weight excluding hydrogens is 238 g/mol. The second kappa shape index (κ2) is 5.22. The Hall–Kier alpha value is -2.16. The van der Waals surface area contributed by atoms with Crippen LogP contribution in [0.2, 0.25) is 0 Å². The Kier molecular flexibility index (Phi) is 3.65. The van der Waals surface area contributed by atoms with Crippen LogP contribution < -0.4 is 5.56 Å². The van der Waals surface area contributed by atoms with Gasteiger partial charge in [-0.2, -0.15) is 0 Å². The van der Waals surface area contributed by atoms with Gasteiger partial charge in [-0.25, -0.2) is 0 Å². The van der Waals surface area contributed by atoms with Gasteiger partial charge >= 0.3 is 0 Å². The number of benzene rings is 1. The normalized spacial score (nSPS) is 10.5. The van der Waals surface area contributed by atoms with E-state index in [1.54, 1.807) is 6.20 Å². The molecule has 2 aromatic rings. The minimum atomic E-state index is -0.141. The minimum absolute atomic E-state index is 0.0472. The Morgan fingerprint density at radius 1 is 1.05 bits per heavy atom. The molecule has 0 N–H and O–H groups in total. The largest absolute Gasteiger partial charge is 0.308 e. The van der Waals surface area contributed by atoms with Crippen LogP contribution in [0.25, 0.3) is 0 Å². The number of hydrogen-bond acceptors (Lipinski definition) is 2. The lowest BCUT2D eigenvalue weighted by atomic mass is 10.0. The molecule has 3 heteroatoms. The molecule has 0 bridgehead atoms. The van der Waals surface area contributed by atoms with Gasteiger partial charge in [0.2, 0.25) is 0 Å². The molecule has 0 saturated heterocycles. The Balaban J connectivity index is 2.25. The third-order valence-corrected chi connectivity index (χ3v) is 3.29. The highest BCUT2D eigenvalue weighted by atomic mass is 16.1. The molecule has 98 valence electrons. The summed E-state index contributed by atoms with van der Waals surface area (Å²) in [6.45, 7) is 5.93. The highest BCUT2D eigenvalue weighted by molar-refractivity contribution is 5.96. The highest BCUT2D eigenvalue weighted by Gasteiger charge is 2.08. The first kappa shape index (κ1) is 13.3. The fraction of sp³-hybridized carbons (Fsp3) is 0.250. The molecule has 0 aliphatic heterocycles. The molecule has 0 fully saturated rings. The van der Waals surface area contributed by atoms with Crippen molar-refractivity contribution in [1.82, 2.24) is 4.57 Å². The fourth-order valence-electron chi connectivity index (χ4n) is 1.90. The number of nitrogens with zero attached hydrogens (tertiary/aromatic N) is 1. The van der Waals surface area contributed by atoms with Crippen molar-refractivity contribution >= 4 is 5.78 Å². The van der Waals surface area contributed by atoms with Gasteiger partial charge in [-0.3, -0.25) is 9.59 Å². The number of carbonyl (C=O) groups excluding carboxylic acids is 1. The predicted molar refractivity (Wildman–Crippen MR) is 75.7 cm³/mol. The van der Waals surface area contributed by atoms with Gasteiger partial charge in [-0.15, -0.1) is 0 Å². The van der Waals surface area contributed by atoms with E-state index in [1.807, 2.05) is 45.0 Å². The summed E-state index contributed by atoms with van der Waals surface area (Å²) in [6, 6.07) is 8.98. The summed E-state index contributed by atoms with van der Waals surface area (Å²) in [4.78, 5) is 23.9. The minimum Gasteiger partial charge on any atom is -0.308 e. The van der Waals surface area contributed by atoms with Gasteiger partial charge in [0.1, 0.15) is 0 Å². The molecule has 0 spiro atoms. The average molecular weight is 255 g/mol. The molecule has 0 radical (unpaired) electrons. The average Bonchev–Trinajstić information content (AvgIpc) is 2.36. The number of ketones is 1. The van der Waals surface area contributed by atoms with E-state index in [0.29, 0.717) is 5.56 Å². The summed E-state index contributed by atoms with van der Waals surface area (Å²) in [6.07, 6.45) is 1.66. The summed E-state index contributed by atoms with van der Waals surface area (Å²) >= 11 is 0. The first-order chi connectivity index (χ1) is 8.97. The maximum absolute atomic E-state index is 12.2. The van der Waals surface area contributed by atoms with E-state index in [1.165, 1.54) is 10.6 Å². The summed E-state index contributed by atoms with van der Waals surface area (Å²) in [5.41, 5.74) is 3.65. The smallest absolute Gasteiger partial charge is 0.251 e. The van der Waals surface area contributed by atoms with Crippen molar-refractivity contribution in [2.24, 2.45) is 0 Å². The maximum Gasteiger partial charge on any atom is 0.251 e. The lowest BCUT2D eigenvalue weighted by molar-refractivity contribution is 0.0970. The number of carbonyl (C=O) groups is 1. The van der Waals surface area contributed by atoms with Crippen molar-refractivity contribution in [2.75, 3.05) is 0 Å². The number of hydrogen-bond donors (Lipinski definition) is 0. The molecule has 0 aliphatic rings. The number of rotatable bonds is 3. The van der Waals surface area contributed by atoms with Gasteiger partial charge in [0, 0.05) is 17.8 Å². The van der Waals surface area contributed by atoms with E-state index in [-0.39, 0.29) is 17.9 Å². The summed E-state index contributed by atoms with van der Waals surface area (Å²) in [5, 5.41) is 0. The van der Waals surface area contributed by atoms with Crippen LogP contribution in [0.3, 0.4) is 0 Å². The van der Waals surface area contributed by atoms with Gasteiger partial charge in [-0.1, -0.05) is 12.1 Å². The van der Waals surface area contributed by atoms with Gasteiger partial charge in [-0.05, 0) is 49.6 Å². The lowest BCUT2D eigenvalue weighted by Gasteiger charge is -2.07. The Bertz CT molecular complexity index is 683. The zero-order valence-electron chi connectivity index (χ0n) is 11.4. The molecule has 3 nitrogen and oxygen atoms in total.